The maximum atomic E-state index is 15.0. The molecule has 0 atom stereocenters. The predicted octanol–water partition coefficient (Wildman–Crippen LogP) is 4.77. The molecule has 7 nitrogen and oxygen atoms in total. The lowest BCUT2D eigenvalue weighted by atomic mass is 10.1. The number of anilines is 1. The maximum absolute atomic E-state index is 15.0. The number of amides is 2. The number of rotatable bonds is 5. The molecular weight excluding hydrogens is 525 g/mol. The number of hydrogen-bond donors (Lipinski definition) is 0. The van der Waals surface area contributed by atoms with E-state index in [-0.39, 0.29) is 29.6 Å². The summed E-state index contributed by atoms with van der Waals surface area (Å²) in [5, 5.41) is 6.77. The zero-order valence-corrected chi connectivity index (χ0v) is 19.5. The van der Waals surface area contributed by atoms with Gasteiger partial charge in [-0.05, 0) is 30.3 Å². The molecule has 1 aromatic heterocycles. The van der Waals surface area contributed by atoms with Gasteiger partial charge in [0.05, 0.1) is 6.54 Å². The van der Waals surface area contributed by atoms with Crippen molar-refractivity contribution in [3.8, 4) is 11.5 Å². The van der Waals surface area contributed by atoms with Crippen LogP contribution in [0.2, 0.25) is 0 Å². The number of carbonyl (C=O) groups excluding carboxylic acids is 1. The Morgan fingerprint density at radius 2 is 1.94 bits per heavy atom. The molecule has 0 spiro atoms. The number of nitrogens with zero attached hydrogens (tertiary/aromatic N) is 4. The van der Waals surface area contributed by atoms with E-state index in [4.69, 9.17) is 4.42 Å². The number of aromatic nitrogens is 2. The fraction of sp³-hybridized carbons (Fsp3) is 0.286. The lowest BCUT2D eigenvalue weighted by Crippen LogP contribution is -2.48. The molecule has 174 valence electrons. The molecule has 2 amide bonds. The standard InChI is InChI=1S/C21H18BrF3N4O3S/c22-15-2-1-3-16(11-15)29(21(30)28-6-8-33(31)9-7-28)12-14-5-4-13(10-17(14)23)19-26-27-20(32-19)18(24)25/h1-5,10-11,18H,6-9,12H2. The van der Waals surface area contributed by atoms with Gasteiger partial charge in [0, 0.05) is 56.7 Å². The first-order chi connectivity index (χ1) is 15.8. The Balaban J connectivity index is 1.61. The number of hydrogen-bond acceptors (Lipinski definition) is 5. The minimum absolute atomic E-state index is 0.0763. The van der Waals surface area contributed by atoms with Crippen molar-refractivity contribution in [3.05, 3.63) is 64.2 Å². The Hall–Kier alpha value is -2.73. The summed E-state index contributed by atoms with van der Waals surface area (Å²) in [6, 6.07) is 10.7. The zero-order chi connectivity index (χ0) is 23.5. The van der Waals surface area contributed by atoms with E-state index in [1.807, 2.05) is 6.07 Å². The smallest absolute Gasteiger partial charge is 0.324 e. The Bertz CT molecular complexity index is 1180. The van der Waals surface area contributed by atoms with Crippen molar-refractivity contribution in [1.82, 2.24) is 15.1 Å². The molecule has 0 N–H and O–H groups in total. The van der Waals surface area contributed by atoms with Crippen LogP contribution in [0.25, 0.3) is 11.5 Å². The summed E-state index contributed by atoms with van der Waals surface area (Å²) < 4.78 is 57.7. The largest absolute Gasteiger partial charge is 0.415 e. The fourth-order valence-corrected chi connectivity index (χ4v) is 4.77. The molecule has 4 rings (SSSR count). The van der Waals surface area contributed by atoms with Crippen LogP contribution >= 0.6 is 15.9 Å². The second kappa shape index (κ2) is 10.0. The van der Waals surface area contributed by atoms with Crippen LogP contribution in [0.1, 0.15) is 17.9 Å². The van der Waals surface area contributed by atoms with Gasteiger partial charge in [0.1, 0.15) is 5.82 Å². The van der Waals surface area contributed by atoms with Crippen LogP contribution in [0.3, 0.4) is 0 Å². The van der Waals surface area contributed by atoms with Crippen LogP contribution in [0.15, 0.2) is 51.4 Å². The van der Waals surface area contributed by atoms with E-state index in [0.717, 1.165) is 10.5 Å². The first-order valence-corrected chi connectivity index (χ1v) is 12.2. The quantitative estimate of drug-likeness (QED) is 0.464. The highest BCUT2D eigenvalue weighted by Crippen LogP contribution is 2.28. The Labute approximate surface area is 198 Å². The van der Waals surface area contributed by atoms with Crippen molar-refractivity contribution in [2.75, 3.05) is 29.5 Å². The number of carbonyl (C=O) groups is 1. The van der Waals surface area contributed by atoms with Gasteiger partial charge in [0.15, 0.2) is 0 Å². The first-order valence-electron chi connectivity index (χ1n) is 9.89. The molecule has 0 radical (unpaired) electrons. The normalized spacial score (nSPS) is 14.6. The maximum Gasteiger partial charge on any atom is 0.324 e. The molecule has 3 aromatic rings. The van der Waals surface area contributed by atoms with Gasteiger partial charge >= 0.3 is 12.5 Å². The summed E-state index contributed by atoms with van der Waals surface area (Å²) in [5.41, 5.74) is 0.916. The summed E-state index contributed by atoms with van der Waals surface area (Å²) >= 11 is 3.39. The molecule has 2 heterocycles. The Morgan fingerprint density at radius 3 is 2.58 bits per heavy atom. The molecule has 2 aromatic carbocycles. The first kappa shape index (κ1) is 23.4. The summed E-state index contributed by atoms with van der Waals surface area (Å²) in [5.74, 6) is -0.935. The van der Waals surface area contributed by atoms with E-state index < -0.39 is 28.9 Å². The summed E-state index contributed by atoms with van der Waals surface area (Å²) in [4.78, 5) is 16.3. The van der Waals surface area contributed by atoms with Crippen molar-refractivity contribution < 1.29 is 26.6 Å². The predicted molar refractivity (Wildman–Crippen MR) is 120 cm³/mol. The highest BCUT2D eigenvalue weighted by atomic mass is 79.9. The molecule has 0 aliphatic carbocycles. The highest BCUT2D eigenvalue weighted by molar-refractivity contribution is 9.10. The average Bonchev–Trinajstić information content (AvgIpc) is 3.29. The summed E-state index contributed by atoms with van der Waals surface area (Å²) in [6.07, 6.45) is -2.92. The van der Waals surface area contributed by atoms with Crippen LogP contribution in [-0.2, 0) is 17.3 Å². The Morgan fingerprint density at radius 1 is 1.18 bits per heavy atom. The molecule has 33 heavy (non-hydrogen) atoms. The third kappa shape index (κ3) is 5.44. The Kier molecular flexibility index (Phi) is 7.13. The van der Waals surface area contributed by atoms with Gasteiger partial charge < -0.3 is 9.32 Å². The number of alkyl halides is 2. The van der Waals surface area contributed by atoms with E-state index in [2.05, 4.69) is 26.1 Å². The van der Waals surface area contributed by atoms with Crippen LogP contribution in [0.4, 0.5) is 23.7 Å². The van der Waals surface area contributed by atoms with Gasteiger partial charge in [0.2, 0.25) is 5.89 Å². The number of benzene rings is 2. The third-order valence-electron chi connectivity index (χ3n) is 5.05. The van der Waals surface area contributed by atoms with Crippen molar-refractivity contribution in [2.24, 2.45) is 0 Å². The molecule has 1 aliphatic heterocycles. The lowest BCUT2D eigenvalue weighted by Gasteiger charge is -2.33. The molecule has 1 fully saturated rings. The van der Waals surface area contributed by atoms with E-state index in [9.17, 15) is 22.2 Å². The van der Waals surface area contributed by atoms with Crippen molar-refractivity contribution >= 4 is 38.4 Å². The number of halogens is 4. The third-order valence-corrected chi connectivity index (χ3v) is 6.82. The minimum atomic E-state index is -2.92. The molecule has 0 unspecified atom stereocenters. The van der Waals surface area contributed by atoms with E-state index >= 15 is 0 Å². The van der Waals surface area contributed by atoms with Gasteiger partial charge in [-0.2, -0.15) is 8.78 Å². The van der Waals surface area contributed by atoms with Gasteiger partial charge in [0.25, 0.3) is 5.89 Å². The van der Waals surface area contributed by atoms with Gasteiger partial charge in [-0.25, -0.2) is 9.18 Å². The fourth-order valence-electron chi connectivity index (χ4n) is 3.33. The molecule has 12 heteroatoms. The molecule has 1 aliphatic rings. The van der Waals surface area contributed by atoms with E-state index in [0.29, 0.717) is 30.3 Å². The molecule has 0 saturated carbocycles. The summed E-state index contributed by atoms with van der Waals surface area (Å²) in [7, 11) is -0.949. The van der Waals surface area contributed by atoms with Crippen LogP contribution in [-0.4, -0.2) is 49.9 Å². The number of urea groups is 1. The van der Waals surface area contributed by atoms with Crippen molar-refractivity contribution in [1.29, 1.82) is 0 Å². The second-order valence-corrected chi connectivity index (χ2v) is 9.85. The van der Waals surface area contributed by atoms with Gasteiger partial charge in [-0.15, -0.1) is 10.2 Å². The van der Waals surface area contributed by atoms with Crippen molar-refractivity contribution in [2.45, 2.75) is 13.0 Å². The average molecular weight is 543 g/mol. The van der Waals surface area contributed by atoms with Gasteiger partial charge in [-0.1, -0.05) is 28.1 Å². The lowest BCUT2D eigenvalue weighted by molar-refractivity contribution is 0.116. The zero-order valence-electron chi connectivity index (χ0n) is 17.1. The molecule has 0 bridgehead atoms. The topological polar surface area (TPSA) is 79.5 Å². The van der Waals surface area contributed by atoms with Gasteiger partial charge in [-0.3, -0.25) is 9.11 Å². The van der Waals surface area contributed by atoms with Crippen LogP contribution < -0.4 is 4.90 Å². The van der Waals surface area contributed by atoms with E-state index in [1.165, 1.54) is 17.0 Å². The SMILES string of the molecule is O=C(N1CCS(=O)CC1)N(Cc1ccc(-c2nnc(C(F)F)o2)cc1F)c1cccc(Br)c1. The van der Waals surface area contributed by atoms with E-state index in [1.54, 1.807) is 23.1 Å². The monoisotopic (exact) mass is 542 g/mol. The van der Waals surface area contributed by atoms with Crippen molar-refractivity contribution in [3.63, 3.8) is 0 Å². The summed E-state index contributed by atoms with van der Waals surface area (Å²) in [6.45, 7) is 0.620. The van der Waals surface area contributed by atoms with Crippen LogP contribution in [0, 0.1) is 5.82 Å². The van der Waals surface area contributed by atoms with Crippen LogP contribution in [0.5, 0.6) is 0 Å². The molecular formula is C21H18BrF3N4O3S. The minimum Gasteiger partial charge on any atom is -0.415 e. The molecule has 1 saturated heterocycles. The second-order valence-electron chi connectivity index (χ2n) is 7.24. The highest BCUT2D eigenvalue weighted by Gasteiger charge is 2.27.